The fourth-order valence-electron chi connectivity index (χ4n) is 3.19. The molecule has 0 bridgehead atoms. The molecule has 7 heteroatoms. The largest absolute Gasteiger partial charge is 0.338 e. The number of H-pyrrole nitrogens is 1. The van der Waals surface area contributed by atoms with Crippen molar-refractivity contribution in [3.05, 3.63) is 46.0 Å². The Morgan fingerprint density at radius 2 is 2.21 bits per heavy atom. The summed E-state index contributed by atoms with van der Waals surface area (Å²) in [7, 11) is 0. The van der Waals surface area contributed by atoms with Gasteiger partial charge < -0.3 is 9.47 Å². The second-order valence-corrected chi connectivity index (χ2v) is 6.30. The summed E-state index contributed by atoms with van der Waals surface area (Å²) in [5.74, 6) is 1.12. The predicted molar refractivity (Wildman–Crippen MR) is 92.1 cm³/mol. The number of aromatic nitrogens is 3. The maximum Gasteiger partial charge on any atom is 0.253 e. The highest BCUT2D eigenvalue weighted by atomic mass is 32.1. The molecule has 6 nitrogen and oxygen atoms in total. The second-order valence-electron chi connectivity index (χ2n) is 5.91. The molecule has 1 aliphatic rings. The molecule has 1 aromatic heterocycles. The quantitative estimate of drug-likeness (QED) is 0.871. The first-order chi connectivity index (χ1) is 11.6. The number of rotatable bonds is 3. The average Bonchev–Trinajstić information content (AvgIpc) is 3.02. The molecule has 1 atom stereocenters. The number of hydrogen-bond acceptors (Lipinski definition) is 4. The first-order valence-electron chi connectivity index (χ1n) is 8.08. The first kappa shape index (κ1) is 16.4. The molecule has 2 aromatic rings. The number of hydrogen-bond donors (Lipinski definition) is 1. The van der Waals surface area contributed by atoms with Crippen molar-refractivity contribution < 1.29 is 4.79 Å². The van der Waals surface area contributed by atoms with Crippen molar-refractivity contribution in [1.29, 1.82) is 5.26 Å². The minimum absolute atomic E-state index is 0.00127. The number of nitrogens with one attached hydrogen (secondary N) is 1. The monoisotopic (exact) mass is 341 g/mol. The summed E-state index contributed by atoms with van der Waals surface area (Å²) in [5.41, 5.74) is 1.17. The Morgan fingerprint density at radius 3 is 2.88 bits per heavy atom. The number of nitriles is 1. The van der Waals surface area contributed by atoms with Crippen molar-refractivity contribution >= 4 is 18.1 Å². The lowest BCUT2D eigenvalue weighted by Crippen LogP contribution is -2.39. The van der Waals surface area contributed by atoms with Crippen molar-refractivity contribution in [3.63, 3.8) is 0 Å². The van der Waals surface area contributed by atoms with Gasteiger partial charge >= 0.3 is 0 Å². The molecule has 0 saturated carbocycles. The molecular weight excluding hydrogens is 322 g/mol. The van der Waals surface area contributed by atoms with Gasteiger partial charge in [-0.25, -0.2) is 0 Å². The van der Waals surface area contributed by atoms with Crippen LogP contribution in [-0.4, -0.2) is 38.7 Å². The summed E-state index contributed by atoms with van der Waals surface area (Å²) in [6, 6.07) is 8.85. The lowest BCUT2D eigenvalue weighted by molar-refractivity contribution is 0.0703. The fourth-order valence-corrected chi connectivity index (χ4v) is 3.46. The predicted octanol–water partition coefficient (Wildman–Crippen LogP) is 2.85. The highest BCUT2D eigenvalue weighted by molar-refractivity contribution is 7.71. The third kappa shape index (κ3) is 3.10. The molecule has 1 saturated heterocycles. The molecule has 0 aliphatic carbocycles. The second kappa shape index (κ2) is 6.97. The fraction of sp³-hybridized carbons (Fsp3) is 0.412. The standard InChI is InChI=1S/C17H19N5OS/c1-2-22-15(19-20-17(22)24)14-4-3-9-21(11-14)16(23)13-7-5-12(10-18)6-8-13/h5-8,14H,2-4,9,11H2,1H3,(H,20,24)/t14-/m1/s1. The van der Waals surface area contributed by atoms with Gasteiger partial charge in [-0.05, 0) is 56.2 Å². The molecule has 124 valence electrons. The van der Waals surface area contributed by atoms with Gasteiger partial charge in [0.05, 0.1) is 11.6 Å². The van der Waals surface area contributed by atoms with Crippen LogP contribution in [0.5, 0.6) is 0 Å². The summed E-state index contributed by atoms with van der Waals surface area (Å²) in [5, 5.41) is 16.1. The normalized spacial score (nSPS) is 17.5. The van der Waals surface area contributed by atoms with Crippen molar-refractivity contribution in [3.8, 4) is 6.07 Å². The van der Waals surface area contributed by atoms with Gasteiger partial charge in [-0.3, -0.25) is 9.89 Å². The molecular formula is C17H19N5OS. The molecule has 1 N–H and O–H groups in total. The van der Waals surface area contributed by atoms with Gasteiger partial charge in [0.25, 0.3) is 5.91 Å². The average molecular weight is 341 g/mol. The summed E-state index contributed by atoms with van der Waals surface area (Å²) in [6.07, 6.45) is 1.94. The Bertz CT molecular complexity index is 830. The summed E-state index contributed by atoms with van der Waals surface area (Å²) >= 11 is 5.26. The number of piperidine rings is 1. The molecule has 3 rings (SSSR count). The van der Waals surface area contributed by atoms with Crippen molar-refractivity contribution in [2.24, 2.45) is 0 Å². The van der Waals surface area contributed by atoms with Crippen LogP contribution < -0.4 is 0 Å². The Morgan fingerprint density at radius 1 is 1.46 bits per heavy atom. The Kier molecular flexibility index (Phi) is 4.76. The highest BCUT2D eigenvalue weighted by Crippen LogP contribution is 2.26. The number of carbonyl (C=O) groups excluding carboxylic acids is 1. The van der Waals surface area contributed by atoms with Crippen LogP contribution in [0.2, 0.25) is 0 Å². The SMILES string of the molecule is CCn1c([C@@H]2CCCN(C(=O)c3ccc(C#N)cc3)C2)n[nH]c1=S. The number of nitrogens with zero attached hydrogens (tertiary/aromatic N) is 4. The van der Waals surface area contributed by atoms with E-state index < -0.39 is 0 Å². The zero-order valence-electron chi connectivity index (χ0n) is 13.5. The molecule has 24 heavy (non-hydrogen) atoms. The highest BCUT2D eigenvalue weighted by Gasteiger charge is 2.28. The molecule has 1 amide bonds. The third-order valence-electron chi connectivity index (χ3n) is 4.44. The van der Waals surface area contributed by atoms with E-state index in [-0.39, 0.29) is 11.8 Å². The zero-order valence-corrected chi connectivity index (χ0v) is 14.3. The van der Waals surface area contributed by atoms with Crippen LogP contribution in [0.4, 0.5) is 0 Å². The van der Waals surface area contributed by atoms with E-state index >= 15 is 0 Å². The van der Waals surface area contributed by atoms with E-state index in [4.69, 9.17) is 17.5 Å². The van der Waals surface area contributed by atoms with Crippen LogP contribution in [-0.2, 0) is 6.54 Å². The summed E-state index contributed by atoms with van der Waals surface area (Å²) in [4.78, 5) is 14.6. The number of amides is 1. The number of aromatic amines is 1. The molecule has 1 fully saturated rings. The van der Waals surface area contributed by atoms with Gasteiger partial charge in [0.15, 0.2) is 4.77 Å². The molecule has 1 aromatic carbocycles. The summed E-state index contributed by atoms with van der Waals surface area (Å²) in [6.45, 7) is 4.19. The lowest BCUT2D eigenvalue weighted by Gasteiger charge is -2.32. The van der Waals surface area contributed by atoms with Gasteiger partial charge in [-0.2, -0.15) is 10.4 Å². The Labute approximate surface area is 145 Å². The topological polar surface area (TPSA) is 77.7 Å². The van der Waals surface area contributed by atoms with Gasteiger partial charge in [0.1, 0.15) is 5.82 Å². The molecule has 0 spiro atoms. The van der Waals surface area contributed by atoms with Gasteiger partial charge in [-0.1, -0.05) is 0 Å². The van der Waals surface area contributed by atoms with Crippen molar-refractivity contribution in [1.82, 2.24) is 19.7 Å². The van der Waals surface area contributed by atoms with E-state index in [1.807, 2.05) is 16.4 Å². The zero-order chi connectivity index (χ0) is 17.1. The van der Waals surface area contributed by atoms with Crippen LogP contribution in [0.25, 0.3) is 0 Å². The maximum absolute atomic E-state index is 12.7. The molecule has 0 unspecified atom stereocenters. The first-order valence-corrected chi connectivity index (χ1v) is 8.49. The van der Waals surface area contributed by atoms with Gasteiger partial charge in [0.2, 0.25) is 0 Å². The maximum atomic E-state index is 12.7. The molecule has 1 aliphatic heterocycles. The van der Waals surface area contributed by atoms with Crippen LogP contribution in [0, 0.1) is 16.1 Å². The van der Waals surface area contributed by atoms with E-state index in [0.717, 1.165) is 31.8 Å². The Balaban J connectivity index is 1.78. The van der Waals surface area contributed by atoms with Crippen LogP contribution in [0.3, 0.4) is 0 Å². The van der Waals surface area contributed by atoms with E-state index in [1.54, 1.807) is 24.3 Å². The number of benzene rings is 1. The van der Waals surface area contributed by atoms with Gasteiger partial charge in [-0.15, -0.1) is 0 Å². The number of carbonyl (C=O) groups is 1. The Hall–Kier alpha value is -2.46. The molecule has 2 heterocycles. The van der Waals surface area contributed by atoms with E-state index in [1.165, 1.54) is 0 Å². The van der Waals surface area contributed by atoms with Crippen LogP contribution in [0.1, 0.15) is 47.4 Å². The molecule has 0 radical (unpaired) electrons. The van der Waals surface area contributed by atoms with Crippen LogP contribution in [0.15, 0.2) is 24.3 Å². The smallest absolute Gasteiger partial charge is 0.253 e. The van der Waals surface area contributed by atoms with E-state index in [0.29, 0.717) is 22.4 Å². The number of likely N-dealkylation sites (tertiary alicyclic amines) is 1. The lowest BCUT2D eigenvalue weighted by atomic mass is 9.96. The van der Waals surface area contributed by atoms with Crippen molar-refractivity contribution in [2.45, 2.75) is 32.2 Å². The summed E-state index contributed by atoms with van der Waals surface area (Å²) < 4.78 is 2.62. The van der Waals surface area contributed by atoms with Crippen molar-refractivity contribution in [2.75, 3.05) is 13.1 Å². The van der Waals surface area contributed by atoms with E-state index in [9.17, 15) is 4.79 Å². The third-order valence-corrected chi connectivity index (χ3v) is 4.75. The van der Waals surface area contributed by atoms with Gasteiger partial charge in [0, 0.05) is 31.1 Å². The van der Waals surface area contributed by atoms with Crippen LogP contribution >= 0.6 is 12.2 Å². The minimum Gasteiger partial charge on any atom is -0.338 e. The van der Waals surface area contributed by atoms with E-state index in [2.05, 4.69) is 16.3 Å². The minimum atomic E-state index is 0.00127.